The van der Waals surface area contributed by atoms with E-state index in [9.17, 15) is 0 Å². The van der Waals surface area contributed by atoms with Crippen LogP contribution < -0.4 is 5.73 Å². The summed E-state index contributed by atoms with van der Waals surface area (Å²) in [5.41, 5.74) is 27.6. The van der Waals surface area contributed by atoms with Crippen molar-refractivity contribution < 1.29 is 0 Å². The summed E-state index contributed by atoms with van der Waals surface area (Å²) in [5.74, 6) is 0. The highest BCUT2D eigenvalue weighted by atomic mass is 14.6. The van der Waals surface area contributed by atoms with Crippen molar-refractivity contribution in [2.24, 2.45) is 0 Å². The minimum absolute atomic E-state index is 0.823. The third kappa shape index (κ3) is 3.83. The van der Waals surface area contributed by atoms with Crippen LogP contribution in [0.1, 0.15) is 16.7 Å². The Morgan fingerprint density at radius 3 is 1.60 bits per heavy atom. The van der Waals surface area contributed by atoms with Gasteiger partial charge in [0.15, 0.2) is 0 Å². The fraction of sp³-hybridized carbons (Fsp3) is 0.0204. The first-order chi connectivity index (χ1) is 24.7. The van der Waals surface area contributed by atoms with Crippen molar-refractivity contribution in [3.63, 3.8) is 0 Å². The van der Waals surface area contributed by atoms with Crippen LogP contribution in [0.2, 0.25) is 0 Å². The molecule has 2 N–H and O–H groups in total. The van der Waals surface area contributed by atoms with Gasteiger partial charge in [-0.3, -0.25) is 0 Å². The molecule has 8 aromatic rings. The van der Waals surface area contributed by atoms with Crippen LogP contribution in [0, 0.1) is 6.92 Å². The lowest BCUT2D eigenvalue weighted by molar-refractivity contribution is 1.44. The van der Waals surface area contributed by atoms with Crippen LogP contribution in [0.5, 0.6) is 0 Å². The second-order valence-corrected chi connectivity index (χ2v) is 13.4. The van der Waals surface area contributed by atoms with E-state index in [0.29, 0.717) is 0 Å². The number of hydrogen-bond acceptors (Lipinski definition) is 1. The summed E-state index contributed by atoms with van der Waals surface area (Å²) >= 11 is 0. The number of hydrogen-bond donors (Lipinski definition) is 1. The highest BCUT2D eigenvalue weighted by Crippen LogP contribution is 2.59. The average Bonchev–Trinajstić information content (AvgIpc) is 3.66. The van der Waals surface area contributed by atoms with Gasteiger partial charge < -0.3 is 5.73 Å². The van der Waals surface area contributed by atoms with E-state index in [1.54, 1.807) is 0 Å². The predicted octanol–water partition coefficient (Wildman–Crippen LogP) is 13.1. The van der Waals surface area contributed by atoms with Crippen LogP contribution in [-0.4, -0.2) is 0 Å². The normalized spacial score (nSPS) is 13.1. The van der Waals surface area contributed by atoms with Gasteiger partial charge in [0.1, 0.15) is 0 Å². The number of rotatable bonds is 4. The molecule has 0 atom stereocenters. The van der Waals surface area contributed by atoms with Crippen LogP contribution in [0.4, 0.5) is 5.69 Å². The van der Waals surface area contributed by atoms with Crippen LogP contribution >= 0.6 is 0 Å². The summed E-state index contributed by atoms with van der Waals surface area (Å²) in [5, 5.41) is 5.04. The maximum atomic E-state index is 7.16. The fourth-order valence-corrected chi connectivity index (χ4v) is 8.84. The minimum Gasteiger partial charge on any atom is -0.398 e. The Labute approximate surface area is 292 Å². The maximum absolute atomic E-state index is 7.16. The third-order valence-corrected chi connectivity index (χ3v) is 10.9. The minimum atomic E-state index is 0.823. The third-order valence-electron chi connectivity index (χ3n) is 10.9. The first-order valence-corrected chi connectivity index (χ1v) is 17.3. The van der Waals surface area contributed by atoms with E-state index < -0.39 is 0 Å². The molecule has 0 aromatic heterocycles. The van der Waals surface area contributed by atoms with E-state index in [-0.39, 0.29) is 0 Å². The predicted molar refractivity (Wildman–Crippen MR) is 214 cm³/mol. The molecular formula is C49H33N. The Bertz CT molecular complexity index is 2670. The van der Waals surface area contributed by atoms with Gasteiger partial charge in [-0.15, -0.1) is 0 Å². The zero-order chi connectivity index (χ0) is 33.5. The SMILES string of the molecule is C=C/C=C1/c2ccccc2-c2cc(-c3ccc4c5c(cccc35)-c3c-4c(-c4ccccc4)c4ccccc4c3-c3ccccc3)c(N)c(C)c21. The molecule has 10 rings (SSSR count). The molecule has 0 saturated carbocycles. The molecule has 0 spiro atoms. The summed E-state index contributed by atoms with van der Waals surface area (Å²) in [6.45, 7) is 6.19. The van der Waals surface area contributed by atoms with Gasteiger partial charge >= 0.3 is 0 Å². The van der Waals surface area contributed by atoms with Crippen LogP contribution in [0.25, 0.3) is 93.9 Å². The average molecular weight is 636 g/mol. The van der Waals surface area contributed by atoms with Crippen molar-refractivity contribution >= 4 is 32.8 Å². The van der Waals surface area contributed by atoms with Crippen LogP contribution in [-0.2, 0) is 0 Å². The van der Waals surface area contributed by atoms with Gasteiger partial charge in [-0.05, 0) is 118 Å². The number of nitrogen functional groups attached to an aromatic ring is 1. The number of benzene rings is 8. The molecule has 0 bridgehead atoms. The van der Waals surface area contributed by atoms with E-state index >= 15 is 0 Å². The topological polar surface area (TPSA) is 26.0 Å². The molecule has 0 unspecified atom stereocenters. The molecule has 0 amide bonds. The molecule has 0 fully saturated rings. The lowest BCUT2D eigenvalue weighted by atomic mass is 9.82. The van der Waals surface area contributed by atoms with E-state index in [4.69, 9.17) is 5.73 Å². The van der Waals surface area contributed by atoms with E-state index in [0.717, 1.165) is 22.4 Å². The van der Waals surface area contributed by atoms with Crippen LogP contribution in [0.3, 0.4) is 0 Å². The van der Waals surface area contributed by atoms with E-state index in [1.807, 2.05) is 6.08 Å². The van der Waals surface area contributed by atoms with Crippen molar-refractivity contribution in [2.45, 2.75) is 6.92 Å². The van der Waals surface area contributed by atoms with Gasteiger partial charge in [0.25, 0.3) is 0 Å². The summed E-state index contributed by atoms with van der Waals surface area (Å²) in [6, 6.07) is 53.2. The zero-order valence-corrected chi connectivity index (χ0v) is 27.8. The van der Waals surface area contributed by atoms with Crippen molar-refractivity contribution in [1.29, 1.82) is 0 Å². The summed E-state index contributed by atoms with van der Waals surface area (Å²) in [4.78, 5) is 0. The molecule has 50 heavy (non-hydrogen) atoms. The molecule has 0 heterocycles. The largest absolute Gasteiger partial charge is 0.398 e. The summed E-state index contributed by atoms with van der Waals surface area (Å²) < 4.78 is 0. The van der Waals surface area contributed by atoms with Gasteiger partial charge in [0.05, 0.1) is 0 Å². The Morgan fingerprint density at radius 2 is 0.960 bits per heavy atom. The quantitative estimate of drug-likeness (QED) is 0.191. The lowest BCUT2D eigenvalue weighted by Crippen LogP contribution is -1.99. The molecule has 2 aliphatic carbocycles. The molecule has 2 aliphatic rings. The lowest BCUT2D eigenvalue weighted by Gasteiger charge is -2.20. The van der Waals surface area contributed by atoms with E-state index in [2.05, 4.69) is 165 Å². The molecule has 234 valence electrons. The van der Waals surface area contributed by atoms with Crippen molar-refractivity contribution in [2.75, 3.05) is 5.73 Å². The second-order valence-electron chi connectivity index (χ2n) is 13.4. The first-order valence-electron chi connectivity index (χ1n) is 17.3. The number of anilines is 1. The number of allylic oxidation sites excluding steroid dienone is 2. The maximum Gasteiger partial charge on any atom is 0.0430 e. The standard InChI is InChI=1S/C49H33N/c1-3-15-35-32-20-10-11-21-33(32)41-28-42(49(50)29(2)43(35)41)34-26-27-40-46-36(34)24-14-25-39(46)47-44(30-16-6-4-7-17-30)37-22-12-13-23-38(37)45(48(40)47)31-18-8-5-9-19-31/h3-28H,1,50H2,2H3/b35-15-. The molecule has 1 heteroatoms. The van der Waals surface area contributed by atoms with Gasteiger partial charge in [0, 0.05) is 11.3 Å². The van der Waals surface area contributed by atoms with Gasteiger partial charge in [0.2, 0.25) is 0 Å². The van der Waals surface area contributed by atoms with Crippen molar-refractivity contribution in [1.82, 2.24) is 0 Å². The van der Waals surface area contributed by atoms with Gasteiger partial charge in [-0.1, -0.05) is 158 Å². The molecule has 8 aromatic carbocycles. The smallest absolute Gasteiger partial charge is 0.0430 e. The number of fused-ring (bicyclic) bond motifs is 7. The van der Waals surface area contributed by atoms with Crippen LogP contribution in [0.15, 0.2) is 164 Å². The summed E-state index contributed by atoms with van der Waals surface area (Å²) in [6.07, 6.45) is 3.99. The Hall–Kier alpha value is -6.44. The highest BCUT2D eigenvalue weighted by Gasteiger charge is 2.32. The van der Waals surface area contributed by atoms with Crippen molar-refractivity contribution in [3.8, 4) is 66.8 Å². The monoisotopic (exact) mass is 635 g/mol. The molecule has 1 nitrogen and oxygen atoms in total. The zero-order valence-electron chi connectivity index (χ0n) is 27.8. The van der Waals surface area contributed by atoms with E-state index in [1.165, 1.54) is 93.9 Å². The molecule has 0 saturated heterocycles. The Balaban J connectivity index is 1.31. The second kappa shape index (κ2) is 10.8. The highest BCUT2D eigenvalue weighted by molar-refractivity contribution is 6.29. The molecule has 0 aliphatic heterocycles. The molecule has 0 radical (unpaired) electrons. The first kappa shape index (κ1) is 28.6. The van der Waals surface area contributed by atoms with Gasteiger partial charge in [-0.2, -0.15) is 0 Å². The fourth-order valence-electron chi connectivity index (χ4n) is 8.84. The number of nitrogens with two attached hydrogens (primary N) is 1. The summed E-state index contributed by atoms with van der Waals surface area (Å²) in [7, 11) is 0. The Kier molecular flexibility index (Phi) is 6.16. The Morgan fingerprint density at radius 1 is 0.440 bits per heavy atom. The van der Waals surface area contributed by atoms with Gasteiger partial charge in [-0.25, -0.2) is 0 Å². The molecular weight excluding hydrogens is 603 g/mol. The van der Waals surface area contributed by atoms with Crippen molar-refractivity contribution in [3.05, 3.63) is 181 Å².